The highest BCUT2D eigenvalue weighted by atomic mass is 35.5. The van der Waals surface area contributed by atoms with E-state index in [1.54, 1.807) is 6.92 Å². The Hall–Kier alpha value is -1.11. The second kappa shape index (κ2) is 5.90. The van der Waals surface area contributed by atoms with E-state index in [9.17, 15) is 26.3 Å². The molecule has 0 aliphatic heterocycles. The zero-order chi connectivity index (χ0) is 14.1. The molecule has 0 aliphatic rings. The molecular formula is C11H12ClF6N. The zero-order valence-electron chi connectivity index (χ0n) is 10.1. The van der Waals surface area contributed by atoms with E-state index in [2.05, 4.69) is 0 Å². The minimum atomic E-state index is -4.80. The first kappa shape index (κ1) is 17.9. The number of benzene rings is 1. The Balaban J connectivity index is 0.00000324. The van der Waals surface area contributed by atoms with Gasteiger partial charge in [0.25, 0.3) is 0 Å². The van der Waals surface area contributed by atoms with E-state index in [1.807, 2.05) is 0 Å². The second-order valence-electron chi connectivity index (χ2n) is 3.78. The second-order valence-corrected chi connectivity index (χ2v) is 3.78. The topological polar surface area (TPSA) is 3.24 Å². The average Bonchev–Trinajstić information content (AvgIpc) is 2.25. The predicted octanol–water partition coefficient (Wildman–Crippen LogP) is 4.60. The number of halogens is 7. The van der Waals surface area contributed by atoms with Gasteiger partial charge in [-0.15, -0.1) is 12.4 Å². The van der Waals surface area contributed by atoms with Gasteiger partial charge in [-0.1, -0.05) is 0 Å². The van der Waals surface area contributed by atoms with Crippen LogP contribution in [0.3, 0.4) is 0 Å². The molecule has 0 bridgehead atoms. The molecule has 0 heterocycles. The van der Waals surface area contributed by atoms with Gasteiger partial charge >= 0.3 is 12.4 Å². The number of nitrogens with zero attached hydrogens (tertiary/aromatic N) is 1. The molecule has 0 amide bonds. The van der Waals surface area contributed by atoms with Gasteiger partial charge in [-0.3, -0.25) is 0 Å². The Bertz CT molecular complexity index is 394. The summed E-state index contributed by atoms with van der Waals surface area (Å²) in [5.41, 5.74) is -2.71. The first-order chi connectivity index (χ1) is 8.05. The Morgan fingerprint density at radius 1 is 0.895 bits per heavy atom. The summed E-state index contributed by atoms with van der Waals surface area (Å²) >= 11 is 0. The van der Waals surface area contributed by atoms with E-state index in [1.165, 1.54) is 11.9 Å². The van der Waals surface area contributed by atoms with Crippen molar-refractivity contribution in [2.45, 2.75) is 19.3 Å². The van der Waals surface area contributed by atoms with Gasteiger partial charge in [0.1, 0.15) is 0 Å². The van der Waals surface area contributed by atoms with Crippen molar-refractivity contribution < 1.29 is 26.3 Å². The van der Waals surface area contributed by atoms with Gasteiger partial charge < -0.3 is 4.90 Å². The number of hydrogen-bond acceptors (Lipinski definition) is 1. The molecule has 19 heavy (non-hydrogen) atoms. The Morgan fingerprint density at radius 2 is 1.26 bits per heavy atom. The third kappa shape index (κ3) is 4.49. The third-order valence-electron chi connectivity index (χ3n) is 2.49. The van der Waals surface area contributed by atoms with E-state index in [0.717, 1.165) is 0 Å². The maximum absolute atomic E-state index is 12.5. The van der Waals surface area contributed by atoms with Crippen LogP contribution in [0.4, 0.5) is 32.0 Å². The maximum Gasteiger partial charge on any atom is 0.416 e. The van der Waals surface area contributed by atoms with Crippen molar-refractivity contribution in [3.63, 3.8) is 0 Å². The Kier molecular flexibility index (Phi) is 5.55. The van der Waals surface area contributed by atoms with E-state index in [-0.39, 0.29) is 24.2 Å². The largest absolute Gasteiger partial charge is 0.416 e. The zero-order valence-corrected chi connectivity index (χ0v) is 10.9. The summed E-state index contributed by atoms with van der Waals surface area (Å²) in [4.78, 5) is 1.31. The van der Waals surface area contributed by atoms with Crippen LogP contribution >= 0.6 is 12.4 Å². The van der Waals surface area contributed by atoms with Crippen molar-refractivity contribution in [2.24, 2.45) is 0 Å². The molecule has 1 rings (SSSR count). The van der Waals surface area contributed by atoms with Gasteiger partial charge in [0.05, 0.1) is 11.1 Å². The van der Waals surface area contributed by atoms with Crippen LogP contribution in [-0.4, -0.2) is 13.6 Å². The highest BCUT2D eigenvalue weighted by Gasteiger charge is 2.37. The lowest BCUT2D eigenvalue weighted by Crippen LogP contribution is -2.19. The molecule has 0 saturated heterocycles. The van der Waals surface area contributed by atoms with Gasteiger partial charge in [-0.25, -0.2) is 0 Å². The number of rotatable bonds is 2. The van der Waals surface area contributed by atoms with Crippen molar-refractivity contribution in [1.82, 2.24) is 0 Å². The average molecular weight is 308 g/mol. The van der Waals surface area contributed by atoms with Crippen LogP contribution in [0, 0.1) is 0 Å². The monoisotopic (exact) mass is 307 g/mol. The van der Waals surface area contributed by atoms with Crippen molar-refractivity contribution in [3.05, 3.63) is 29.3 Å². The van der Waals surface area contributed by atoms with E-state index < -0.39 is 23.5 Å². The van der Waals surface area contributed by atoms with Gasteiger partial charge in [-0.05, 0) is 25.1 Å². The lowest BCUT2D eigenvalue weighted by Gasteiger charge is -2.20. The molecule has 0 aliphatic carbocycles. The number of hydrogen-bond donors (Lipinski definition) is 0. The van der Waals surface area contributed by atoms with Crippen LogP contribution in [0.1, 0.15) is 18.1 Å². The summed E-state index contributed by atoms with van der Waals surface area (Å²) < 4.78 is 75.1. The SMILES string of the molecule is CCN(C)c1cc(C(F)(F)F)cc(C(F)(F)F)c1.Cl. The van der Waals surface area contributed by atoms with Crippen LogP contribution in [0.25, 0.3) is 0 Å². The maximum atomic E-state index is 12.5. The normalized spacial score (nSPS) is 12.0. The minimum Gasteiger partial charge on any atom is -0.375 e. The van der Waals surface area contributed by atoms with E-state index in [0.29, 0.717) is 18.7 Å². The molecule has 1 aromatic rings. The molecule has 0 unspecified atom stereocenters. The fraction of sp³-hybridized carbons (Fsp3) is 0.455. The molecule has 0 N–H and O–H groups in total. The van der Waals surface area contributed by atoms with Crippen LogP contribution in [-0.2, 0) is 12.4 Å². The first-order valence-corrected chi connectivity index (χ1v) is 5.06. The summed E-state index contributed by atoms with van der Waals surface area (Å²) in [5.74, 6) is 0. The Morgan fingerprint density at radius 3 is 1.53 bits per heavy atom. The fourth-order valence-corrected chi connectivity index (χ4v) is 1.34. The van der Waals surface area contributed by atoms with Crippen LogP contribution in [0.2, 0.25) is 0 Å². The third-order valence-corrected chi connectivity index (χ3v) is 2.49. The standard InChI is InChI=1S/C11H11F6N.ClH/c1-3-18(2)9-5-7(10(12,13)14)4-8(6-9)11(15,16)17;/h4-6H,3H2,1-2H3;1H. The van der Waals surface area contributed by atoms with Crippen molar-refractivity contribution in [2.75, 3.05) is 18.5 Å². The van der Waals surface area contributed by atoms with E-state index in [4.69, 9.17) is 0 Å². The smallest absolute Gasteiger partial charge is 0.375 e. The fourth-order valence-electron chi connectivity index (χ4n) is 1.34. The summed E-state index contributed by atoms with van der Waals surface area (Å²) in [5, 5.41) is 0. The molecular weight excluding hydrogens is 296 g/mol. The molecule has 0 radical (unpaired) electrons. The van der Waals surface area contributed by atoms with Crippen LogP contribution in [0.5, 0.6) is 0 Å². The summed E-state index contributed by atoms with van der Waals surface area (Å²) in [7, 11) is 1.43. The molecule has 0 aromatic heterocycles. The first-order valence-electron chi connectivity index (χ1n) is 5.06. The minimum absolute atomic E-state index is 0. The lowest BCUT2D eigenvalue weighted by atomic mass is 10.1. The predicted molar refractivity (Wildman–Crippen MR) is 62.6 cm³/mol. The van der Waals surface area contributed by atoms with E-state index >= 15 is 0 Å². The van der Waals surface area contributed by atoms with Crippen molar-refractivity contribution in [3.8, 4) is 0 Å². The summed E-state index contributed by atoms with van der Waals surface area (Å²) in [6.07, 6.45) is -9.60. The number of anilines is 1. The Labute approximate surface area is 112 Å². The highest BCUT2D eigenvalue weighted by molar-refractivity contribution is 5.85. The van der Waals surface area contributed by atoms with Crippen molar-refractivity contribution in [1.29, 1.82) is 0 Å². The molecule has 0 spiro atoms. The summed E-state index contributed by atoms with van der Waals surface area (Å²) in [6.45, 7) is 1.94. The molecule has 8 heteroatoms. The van der Waals surface area contributed by atoms with Gasteiger partial charge in [0.2, 0.25) is 0 Å². The molecule has 110 valence electrons. The van der Waals surface area contributed by atoms with Gasteiger partial charge in [0, 0.05) is 19.3 Å². The van der Waals surface area contributed by atoms with Gasteiger partial charge in [-0.2, -0.15) is 26.3 Å². The van der Waals surface area contributed by atoms with Gasteiger partial charge in [0.15, 0.2) is 0 Å². The molecule has 0 fully saturated rings. The van der Waals surface area contributed by atoms with Crippen molar-refractivity contribution >= 4 is 18.1 Å². The molecule has 0 atom stereocenters. The highest BCUT2D eigenvalue weighted by Crippen LogP contribution is 2.38. The van der Waals surface area contributed by atoms with Crippen LogP contribution < -0.4 is 4.90 Å². The number of alkyl halides is 6. The molecule has 1 aromatic carbocycles. The molecule has 1 nitrogen and oxygen atoms in total. The lowest BCUT2D eigenvalue weighted by molar-refractivity contribution is -0.143. The quantitative estimate of drug-likeness (QED) is 0.722. The van der Waals surface area contributed by atoms with Crippen LogP contribution in [0.15, 0.2) is 18.2 Å². The molecule has 0 saturated carbocycles. The summed E-state index contributed by atoms with van der Waals surface area (Å²) in [6, 6.07) is 1.53.